The third kappa shape index (κ3) is 4.53. The molecule has 1 aliphatic carbocycles. The first-order valence-corrected chi connectivity index (χ1v) is 10.5. The van der Waals surface area contributed by atoms with Crippen LogP contribution in [0.3, 0.4) is 0 Å². The van der Waals surface area contributed by atoms with Crippen LogP contribution in [0.15, 0.2) is 52.9 Å². The Bertz CT molecular complexity index is 1080. The monoisotopic (exact) mass is 407 g/mol. The summed E-state index contributed by atoms with van der Waals surface area (Å²) in [7, 11) is 0.435. The molecule has 0 spiro atoms. The van der Waals surface area contributed by atoms with Crippen LogP contribution in [0.25, 0.3) is 17.2 Å². The second kappa shape index (κ2) is 8.99. The van der Waals surface area contributed by atoms with Gasteiger partial charge in [-0.1, -0.05) is 18.2 Å². The van der Waals surface area contributed by atoms with Crippen LogP contribution in [0, 0.1) is 11.3 Å². The lowest BCUT2D eigenvalue weighted by atomic mass is 9.99. The lowest BCUT2D eigenvalue weighted by Gasteiger charge is -2.07. The topological polar surface area (TPSA) is 76.4 Å². The smallest absolute Gasteiger partial charge is 0.312 e. The summed E-state index contributed by atoms with van der Waals surface area (Å²) in [5.41, 5.74) is 6.14. The Labute approximate surface area is 172 Å². The molecule has 1 atom stereocenters. The van der Waals surface area contributed by atoms with Gasteiger partial charge in [-0.25, -0.2) is 0 Å². The number of carbonyl (C=O) groups excluding carboxylic acids is 1. The molecule has 0 radical (unpaired) electrons. The fourth-order valence-electron chi connectivity index (χ4n) is 3.32. The van der Waals surface area contributed by atoms with Gasteiger partial charge in [0.15, 0.2) is 6.79 Å². The van der Waals surface area contributed by atoms with Gasteiger partial charge < -0.3 is 9.47 Å². The molecule has 0 fully saturated rings. The molecule has 1 unspecified atom stereocenters. The zero-order valence-electron chi connectivity index (χ0n) is 16.5. The summed E-state index contributed by atoms with van der Waals surface area (Å²) in [4.78, 5) is 13.0. The lowest BCUT2D eigenvalue weighted by molar-refractivity contribution is -0.152. The number of hydrogen-bond donors (Lipinski definition) is 0. The Kier molecular flexibility index (Phi) is 6.42. The SMILES string of the molecule is COCOC(=O)CC1=C(C)/C(=C\c2ccc(S(C)=O)cc2)c2ccc(C#N)cc21. The highest BCUT2D eigenvalue weighted by atomic mass is 32.2. The predicted octanol–water partition coefficient (Wildman–Crippen LogP) is 4.16. The van der Waals surface area contributed by atoms with Crippen LogP contribution >= 0.6 is 0 Å². The molecule has 0 saturated carbocycles. The van der Waals surface area contributed by atoms with Crippen molar-refractivity contribution < 1.29 is 18.5 Å². The molecular weight excluding hydrogens is 386 g/mol. The van der Waals surface area contributed by atoms with E-state index in [-0.39, 0.29) is 19.2 Å². The van der Waals surface area contributed by atoms with Gasteiger partial charge in [0.1, 0.15) is 0 Å². The summed E-state index contributed by atoms with van der Waals surface area (Å²) in [5.74, 6) is -0.384. The number of methoxy groups -OCH3 is 1. The molecule has 0 N–H and O–H groups in total. The van der Waals surface area contributed by atoms with Crippen molar-refractivity contribution in [3.63, 3.8) is 0 Å². The number of carbonyl (C=O) groups is 1. The Morgan fingerprint density at radius 2 is 1.90 bits per heavy atom. The number of nitrogens with zero attached hydrogens (tertiary/aromatic N) is 1. The number of esters is 1. The van der Waals surface area contributed by atoms with E-state index in [1.165, 1.54) is 7.11 Å². The summed E-state index contributed by atoms with van der Waals surface area (Å²) in [6.07, 6.45) is 3.79. The fraction of sp³-hybridized carbons (Fsp3) is 0.217. The molecule has 1 aliphatic rings. The standard InChI is InChI=1S/C23H21NO4S/c1-15-20(10-16-4-7-18(8-5-16)29(3)26)19-9-6-17(13-24)11-22(19)21(15)12-23(25)28-14-27-2/h4-11H,12,14H2,1-3H3/b20-10+. The fourth-order valence-corrected chi connectivity index (χ4v) is 3.84. The van der Waals surface area contributed by atoms with Crippen LogP contribution in [0.2, 0.25) is 0 Å². The summed E-state index contributed by atoms with van der Waals surface area (Å²) in [5, 5.41) is 9.28. The van der Waals surface area contributed by atoms with E-state index in [0.29, 0.717) is 5.56 Å². The number of benzene rings is 2. The van der Waals surface area contributed by atoms with Gasteiger partial charge in [0.2, 0.25) is 0 Å². The average Bonchev–Trinajstić information content (AvgIpc) is 2.97. The first-order chi connectivity index (χ1) is 13.9. The molecule has 2 aromatic carbocycles. The van der Waals surface area contributed by atoms with Crippen molar-refractivity contribution in [2.45, 2.75) is 18.2 Å². The van der Waals surface area contributed by atoms with Gasteiger partial charge in [-0.05, 0) is 70.7 Å². The minimum absolute atomic E-state index is 0.0932. The predicted molar refractivity (Wildman–Crippen MR) is 113 cm³/mol. The van der Waals surface area contributed by atoms with E-state index in [4.69, 9.17) is 9.47 Å². The van der Waals surface area contributed by atoms with E-state index in [9.17, 15) is 14.3 Å². The highest BCUT2D eigenvalue weighted by Crippen LogP contribution is 2.44. The van der Waals surface area contributed by atoms with Crippen molar-refractivity contribution in [2.24, 2.45) is 0 Å². The third-order valence-electron chi connectivity index (χ3n) is 4.80. The van der Waals surface area contributed by atoms with Gasteiger partial charge in [-0.15, -0.1) is 0 Å². The van der Waals surface area contributed by atoms with Crippen LogP contribution in [0.1, 0.15) is 35.6 Å². The van der Waals surface area contributed by atoms with Gasteiger partial charge in [0.25, 0.3) is 0 Å². The Balaban J connectivity index is 2.04. The maximum absolute atomic E-state index is 12.2. The number of fused-ring (bicyclic) bond motifs is 1. The summed E-state index contributed by atoms with van der Waals surface area (Å²) in [6, 6.07) is 15.2. The molecule has 0 bridgehead atoms. The molecule has 0 saturated heterocycles. The van der Waals surface area contributed by atoms with Crippen molar-refractivity contribution in [1.29, 1.82) is 5.26 Å². The van der Waals surface area contributed by atoms with E-state index in [1.807, 2.05) is 49.4 Å². The molecule has 0 aliphatic heterocycles. The zero-order valence-corrected chi connectivity index (χ0v) is 17.3. The second-order valence-electron chi connectivity index (χ2n) is 6.66. The highest BCUT2D eigenvalue weighted by molar-refractivity contribution is 7.84. The molecule has 0 amide bonds. The first kappa shape index (κ1) is 20.7. The Hall–Kier alpha value is -3.01. The van der Waals surface area contributed by atoms with E-state index in [0.717, 1.165) is 38.3 Å². The van der Waals surface area contributed by atoms with Gasteiger partial charge >= 0.3 is 5.97 Å². The maximum Gasteiger partial charge on any atom is 0.312 e. The van der Waals surface area contributed by atoms with Crippen molar-refractivity contribution in [2.75, 3.05) is 20.2 Å². The number of ether oxygens (including phenoxy) is 2. The minimum Gasteiger partial charge on any atom is -0.438 e. The Morgan fingerprint density at radius 3 is 2.52 bits per heavy atom. The van der Waals surface area contributed by atoms with E-state index in [2.05, 4.69) is 6.07 Å². The molecule has 5 nitrogen and oxygen atoms in total. The molecule has 6 heteroatoms. The molecule has 3 rings (SSSR count). The van der Waals surface area contributed by atoms with Gasteiger partial charge in [0.05, 0.1) is 18.1 Å². The van der Waals surface area contributed by atoms with Crippen LogP contribution in [-0.4, -0.2) is 30.3 Å². The molecule has 0 heterocycles. The zero-order chi connectivity index (χ0) is 21.0. The van der Waals surface area contributed by atoms with Crippen molar-refractivity contribution >= 4 is 34.0 Å². The van der Waals surface area contributed by atoms with Crippen molar-refractivity contribution in [3.8, 4) is 6.07 Å². The van der Waals surface area contributed by atoms with E-state index >= 15 is 0 Å². The average molecular weight is 407 g/mol. The molecular formula is C23H21NO4S. The lowest BCUT2D eigenvalue weighted by Crippen LogP contribution is -2.07. The second-order valence-corrected chi connectivity index (χ2v) is 8.04. The highest BCUT2D eigenvalue weighted by Gasteiger charge is 2.26. The summed E-state index contributed by atoms with van der Waals surface area (Å²) in [6.45, 7) is 1.87. The number of allylic oxidation sites excluding steroid dienone is 2. The number of hydrogen-bond acceptors (Lipinski definition) is 5. The van der Waals surface area contributed by atoms with Crippen LogP contribution in [-0.2, 0) is 25.1 Å². The van der Waals surface area contributed by atoms with Gasteiger partial charge in [0, 0.05) is 29.1 Å². The molecule has 148 valence electrons. The van der Waals surface area contributed by atoms with Gasteiger partial charge in [-0.3, -0.25) is 9.00 Å². The minimum atomic E-state index is -1.03. The molecule has 0 aromatic heterocycles. The van der Waals surface area contributed by atoms with Crippen molar-refractivity contribution in [3.05, 3.63) is 70.3 Å². The van der Waals surface area contributed by atoms with E-state index in [1.54, 1.807) is 12.3 Å². The summed E-state index contributed by atoms with van der Waals surface area (Å²) >= 11 is 0. The Morgan fingerprint density at radius 1 is 1.17 bits per heavy atom. The van der Waals surface area contributed by atoms with Crippen LogP contribution in [0.5, 0.6) is 0 Å². The normalized spacial score (nSPS) is 15.2. The molecule has 29 heavy (non-hydrogen) atoms. The number of nitriles is 1. The maximum atomic E-state index is 12.2. The summed E-state index contributed by atoms with van der Waals surface area (Å²) < 4.78 is 21.5. The van der Waals surface area contributed by atoms with Crippen LogP contribution in [0.4, 0.5) is 0 Å². The number of rotatable bonds is 6. The van der Waals surface area contributed by atoms with Crippen LogP contribution < -0.4 is 0 Å². The van der Waals surface area contributed by atoms with Gasteiger partial charge in [-0.2, -0.15) is 5.26 Å². The van der Waals surface area contributed by atoms with Crippen molar-refractivity contribution in [1.82, 2.24) is 0 Å². The largest absolute Gasteiger partial charge is 0.438 e. The first-order valence-electron chi connectivity index (χ1n) is 8.99. The molecule has 2 aromatic rings. The third-order valence-corrected chi connectivity index (χ3v) is 5.74. The quantitative estimate of drug-likeness (QED) is 0.531. The van der Waals surface area contributed by atoms with E-state index < -0.39 is 10.8 Å².